The second-order valence-corrected chi connectivity index (χ2v) is 8.75. The normalized spacial score (nSPS) is 14.0. The highest BCUT2D eigenvalue weighted by Crippen LogP contribution is 2.29. The van der Waals surface area contributed by atoms with Gasteiger partial charge in [0, 0.05) is 18.7 Å². The molecule has 0 spiro atoms. The molecule has 0 radical (unpaired) electrons. The van der Waals surface area contributed by atoms with Crippen LogP contribution in [0.2, 0.25) is 0 Å². The van der Waals surface area contributed by atoms with Crippen molar-refractivity contribution < 1.29 is 13.2 Å². The molecule has 1 N–H and O–H groups in total. The van der Waals surface area contributed by atoms with Crippen LogP contribution in [0.1, 0.15) is 29.5 Å². The number of nitrogens with one attached hydrogen (secondary N) is 1. The van der Waals surface area contributed by atoms with Crippen LogP contribution in [0, 0.1) is 13.8 Å². The van der Waals surface area contributed by atoms with Gasteiger partial charge in [-0.25, -0.2) is 8.42 Å². The average molecular weight is 372 g/mol. The molecule has 2 aromatic carbocycles. The van der Waals surface area contributed by atoms with Crippen molar-refractivity contribution in [3.8, 4) is 0 Å². The summed E-state index contributed by atoms with van der Waals surface area (Å²) >= 11 is 0. The minimum Gasteiger partial charge on any atom is -0.326 e. The van der Waals surface area contributed by atoms with Gasteiger partial charge in [0.05, 0.1) is 11.4 Å². The zero-order valence-electron chi connectivity index (χ0n) is 15.2. The van der Waals surface area contributed by atoms with Gasteiger partial charge in [-0.3, -0.25) is 9.10 Å². The SMILES string of the molecule is Cc1ccc(C)c(NC(=O)CCS(=O)(=O)N2CCCc3ccccc32)c1. The lowest BCUT2D eigenvalue weighted by Gasteiger charge is -2.30. The maximum atomic E-state index is 12.8. The lowest BCUT2D eigenvalue weighted by Crippen LogP contribution is -2.37. The zero-order chi connectivity index (χ0) is 18.7. The minimum atomic E-state index is -3.53. The number of rotatable bonds is 5. The molecule has 6 heteroatoms. The lowest BCUT2D eigenvalue weighted by atomic mass is 10.0. The van der Waals surface area contributed by atoms with E-state index >= 15 is 0 Å². The molecule has 0 fully saturated rings. The molecule has 3 rings (SSSR count). The molecule has 2 aromatic rings. The lowest BCUT2D eigenvalue weighted by molar-refractivity contribution is -0.115. The Labute approximate surface area is 155 Å². The maximum Gasteiger partial charge on any atom is 0.235 e. The molecule has 1 amide bonds. The molecule has 0 aromatic heterocycles. The molecule has 138 valence electrons. The van der Waals surface area contributed by atoms with Crippen molar-refractivity contribution >= 4 is 27.3 Å². The molecule has 1 aliphatic rings. The maximum absolute atomic E-state index is 12.8. The molecule has 1 aliphatic heterocycles. The highest BCUT2D eigenvalue weighted by molar-refractivity contribution is 7.92. The van der Waals surface area contributed by atoms with E-state index in [0.29, 0.717) is 6.54 Å². The van der Waals surface area contributed by atoms with Gasteiger partial charge in [-0.1, -0.05) is 30.3 Å². The molecule has 0 aliphatic carbocycles. The Morgan fingerprint density at radius 1 is 1.15 bits per heavy atom. The number of carbonyl (C=O) groups is 1. The molecule has 0 saturated heterocycles. The standard InChI is InChI=1S/C20H24N2O3S/c1-15-9-10-16(2)18(14-15)21-20(23)11-13-26(24,25)22-12-5-7-17-6-3-4-8-19(17)22/h3-4,6,8-10,14H,5,7,11-13H2,1-2H3,(H,21,23). The summed E-state index contributed by atoms with van der Waals surface area (Å²) in [5.41, 5.74) is 4.52. The van der Waals surface area contributed by atoms with Gasteiger partial charge in [0.1, 0.15) is 0 Å². The number of anilines is 2. The Morgan fingerprint density at radius 2 is 1.92 bits per heavy atom. The smallest absolute Gasteiger partial charge is 0.235 e. The largest absolute Gasteiger partial charge is 0.326 e. The van der Waals surface area contributed by atoms with Gasteiger partial charge in [-0.15, -0.1) is 0 Å². The van der Waals surface area contributed by atoms with Crippen LogP contribution >= 0.6 is 0 Å². The van der Waals surface area contributed by atoms with Crippen LogP contribution in [-0.4, -0.2) is 26.6 Å². The summed E-state index contributed by atoms with van der Waals surface area (Å²) in [5.74, 6) is -0.481. The first-order chi connectivity index (χ1) is 12.4. The Kier molecular flexibility index (Phi) is 5.32. The van der Waals surface area contributed by atoms with Gasteiger partial charge in [0.25, 0.3) is 0 Å². The van der Waals surface area contributed by atoms with E-state index in [4.69, 9.17) is 0 Å². The Hall–Kier alpha value is -2.34. The average Bonchev–Trinajstić information content (AvgIpc) is 2.62. The third kappa shape index (κ3) is 4.07. The van der Waals surface area contributed by atoms with Crippen LogP contribution in [-0.2, 0) is 21.2 Å². The fourth-order valence-corrected chi connectivity index (χ4v) is 4.75. The Morgan fingerprint density at radius 3 is 2.73 bits per heavy atom. The number of fused-ring (bicyclic) bond motifs is 1. The third-order valence-corrected chi connectivity index (χ3v) is 6.43. The molecular weight excluding hydrogens is 348 g/mol. The van der Waals surface area contributed by atoms with Crippen LogP contribution in [0.4, 0.5) is 11.4 Å². The molecule has 0 atom stereocenters. The summed E-state index contributed by atoms with van der Waals surface area (Å²) in [7, 11) is -3.53. The van der Waals surface area contributed by atoms with Crippen molar-refractivity contribution in [2.45, 2.75) is 33.1 Å². The van der Waals surface area contributed by atoms with Gasteiger partial charge < -0.3 is 5.32 Å². The zero-order valence-corrected chi connectivity index (χ0v) is 16.0. The predicted molar refractivity (Wildman–Crippen MR) is 105 cm³/mol. The second kappa shape index (κ2) is 7.50. The van der Waals surface area contributed by atoms with E-state index in [1.807, 2.05) is 56.3 Å². The van der Waals surface area contributed by atoms with Crippen LogP contribution < -0.4 is 9.62 Å². The number of aryl methyl sites for hydroxylation is 3. The van der Waals surface area contributed by atoms with E-state index in [0.717, 1.165) is 40.9 Å². The molecule has 5 nitrogen and oxygen atoms in total. The van der Waals surface area contributed by atoms with Crippen molar-refractivity contribution in [1.82, 2.24) is 0 Å². The number of carbonyl (C=O) groups excluding carboxylic acids is 1. The molecule has 0 saturated carbocycles. The predicted octanol–water partition coefficient (Wildman–Crippen LogP) is 3.41. The third-order valence-electron chi connectivity index (χ3n) is 4.66. The van der Waals surface area contributed by atoms with Crippen LogP contribution in [0.15, 0.2) is 42.5 Å². The Balaban J connectivity index is 1.67. The van der Waals surface area contributed by atoms with Crippen LogP contribution in [0.3, 0.4) is 0 Å². The van der Waals surface area contributed by atoms with Crippen molar-refractivity contribution in [1.29, 1.82) is 0 Å². The van der Waals surface area contributed by atoms with Crippen LogP contribution in [0.25, 0.3) is 0 Å². The second-order valence-electron chi connectivity index (χ2n) is 6.74. The first kappa shape index (κ1) is 18.5. The van der Waals surface area contributed by atoms with Crippen molar-refractivity contribution in [2.75, 3.05) is 21.9 Å². The quantitative estimate of drug-likeness (QED) is 0.875. The van der Waals surface area contributed by atoms with Crippen molar-refractivity contribution in [2.24, 2.45) is 0 Å². The van der Waals surface area contributed by atoms with E-state index in [2.05, 4.69) is 5.32 Å². The summed E-state index contributed by atoms with van der Waals surface area (Å²) < 4.78 is 27.0. The van der Waals surface area contributed by atoms with Gasteiger partial charge >= 0.3 is 0 Å². The summed E-state index contributed by atoms with van der Waals surface area (Å²) in [6.45, 7) is 4.34. The van der Waals surface area contributed by atoms with Gasteiger partial charge in [0.2, 0.25) is 15.9 Å². The van der Waals surface area contributed by atoms with E-state index in [1.54, 1.807) is 0 Å². The number of hydrogen-bond acceptors (Lipinski definition) is 3. The minimum absolute atomic E-state index is 0.0611. The van der Waals surface area contributed by atoms with E-state index in [1.165, 1.54) is 4.31 Å². The summed E-state index contributed by atoms with van der Waals surface area (Å²) in [6, 6.07) is 13.4. The molecule has 0 unspecified atom stereocenters. The number of amides is 1. The monoisotopic (exact) mass is 372 g/mol. The summed E-state index contributed by atoms with van der Waals surface area (Å²) in [6.07, 6.45) is 1.62. The fraction of sp³-hybridized carbons (Fsp3) is 0.350. The summed E-state index contributed by atoms with van der Waals surface area (Å²) in [4.78, 5) is 12.3. The molecular formula is C20H24N2O3S. The number of nitrogens with zero attached hydrogens (tertiary/aromatic N) is 1. The van der Waals surface area contributed by atoms with E-state index in [-0.39, 0.29) is 18.1 Å². The first-order valence-corrected chi connectivity index (χ1v) is 10.4. The first-order valence-electron chi connectivity index (χ1n) is 8.82. The molecule has 0 bridgehead atoms. The Bertz CT molecular complexity index is 922. The van der Waals surface area contributed by atoms with E-state index < -0.39 is 10.0 Å². The highest BCUT2D eigenvalue weighted by atomic mass is 32.2. The number of hydrogen-bond donors (Lipinski definition) is 1. The van der Waals surface area contributed by atoms with Crippen molar-refractivity contribution in [3.63, 3.8) is 0 Å². The number of para-hydroxylation sites is 1. The molecule has 26 heavy (non-hydrogen) atoms. The van der Waals surface area contributed by atoms with Crippen LogP contribution in [0.5, 0.6) is 0 Å². The summed E-state index contributed by atoms with van der Waals surface area (Å²) in [5, 5.41) is 2.82. The van der Waals surface area contributed by atoms with E-state index in [9.17, 15) is 13.2 Å². The van der Waals surface area contributed by atoms with Crippen molar-refractivity contribution in [3.05, 3.63) is 59.2 Å². The fourth-order valence-electron chi connectivity index (χ4n) is 3.20. The number of sulfonamides is 1. The number of benzene rings is 2. The van der Waals surface area contributed by atoms with Gasteiger partial charge in [0.15, 0.2) is 0 Å². The topological polar surface area (TPSA) is 66.5 Å². The molecule has 1 heterocycles. The highest BCUT2D eigenvalue weighted by Gasteiger charge is 2.27. The van der Waals surface area contributed by atoms with Gasteiger partial charge in [-0.05, 0) is 55.5 Å². The van der Waals surface area contributed by atoms with Gasteiger partial charge in [-0.2, -0.15) is 0 Å².